The molecule has 4 rings (SSSR count). The van der Waals surface area contributed by atoms with Crippen LogP contribution in [-0.2, 0) is 22.1 Å². The van der Waals surface area contributed by atoms with Crippen LogP contribution in [0.4, 0.5) is 13.2 Å². The van der Waals surface area contributed by atoms with Gasteiger partial charge in [0.15, 0.2) is 0 Å². The van der Waals surface area contributed by atoms with Gasteiger partial charge in [0.2, 0.25) is 0 Å². The number of esters is 1. The highest BCUT2D eigenvalue weighted by atomic mass is 19.3. The Kier molecular flexibility index (Phi) is 5.41. The minimum atomic E-state index is -3.95. The topological polar surface area (TPSA) is 26.3 Å². The molecule has 2 aromatic carbocycles. The van der Waals surface area contributed by atoms with E-state index in [1.54, 1.807) is 0 Å². The van der Waals surface area contributed by atoms with E-state index in [1.807, 2.05) is 12.1 Å². The lowest BCUT2D eigenvalue weighted by Crippen LogP contribution is -2.34. The van der Waals surface area contributed by atoms with Crippen LogP contribution in [0.3, 0.4) is 0 Å². The van der Waals surface area contributed by atoms with Gasteiger partial charge >= 0.3 is 11.9 Å². The summed E-state index contributed by atoms with van der Waals surface area (Å²) in [5.41, 5.74) is 1.70. The van der Waals surface area contributed by atoms with Crippen LogP contribution in [0.25, 0.3) is 11.1 Å². The molecule has 0 aromatic heterocycles. The van der Waals surface area contributed by atoms with Crippen molar-refractivity contribution in [2.24, 2.45) is 5.92 Å². The van der Waals surface area contributed by atoms with Crippen LogP contribution >= 0.6 is 0 Å². The molecule has 0 unspecified atom stereocenters. The zero-order valence-corrected chi connectivity index (χ0v) is 16.5. The number of rotatable bonds is 4. The molecule has 2 nitrogen and oxygen atoms in total. The zero-order valence-electron chi connectivity index (χ0n) is 16.5. The molecule has 2 aromatic rings. The van der Waals surface area contributed by atoms with Gasteiger partial charge in [-0.05, 0) is 66.3 Å². The van der Waals surface area contributed by atoms with Gasteiger partial charge in [-0.1, -0.05) is 44.0 Å². The number of carbonyl (C=O) groups is 1. The molecule has 154 valence electrons. The van der Waals surface area contributed by atoms with Gasteiger partial charge in [-0.3, -0.25) is 0 Å². The van der Waals surface area contributed by atoms with Crippen LogP contribution in [0.15, 0.2) is 36.4 Å². The van der Waals surface area contributed by atoms with Gasteiger partial charge < -0.3 is 4.74 Å². The van der Waals surface area contributed by atoms with E-state index in [9.17, 15) is 18.0 Å². The first-order valence-electron chi connectivity index (χ1n) is 10.4. The molecule has 5 heteroatoms. The third kappa shape index (κ3) is 3.79. The molecule has 1 saturated carbocycles. The first kappa shape index (κ1) is 20.0. The maximum atomic E-state index is 14.5. The summed E-state index contributed by atoms with van der Waals surface area (Å²) in [6.45, 7) is 1.90. The molecular formula is C24H25F3O2. The third-order valence-electron chi connectivity index (χ3n) is 6.36. The summed E-state index contributed by atoms with van der Waals surface area (Å²) in [7, 11) is 0. The summed E-state index contributed by atoms with van der Waals surface area (Å²) in [6, 6.07) is 10.5. The second-order valence-corrected chi connectivity index (χ2v) is 8.27. The van der Waals surface area contributed by atoms with Crippen molar-refractivity contribution in [2.45, 2.75) is 63.9 Å². The Hall–Kier alpha value is -2.30. The lowest BCUT2D eigenvalue weighted by atomic mass is 9.77. The smallest absolute Gasteiger partial charge is 0.382 e. The fourth-order valence-corrected chi connectivity index (χ4v) is 4.77. The van der Waals surface area contributed by atoms with Crippen LogP contribution in [0.2, 0.25) is 0 Å². The molecule has 0 amide bonds. The molecule has 1 aliphatic heterocycles. The summed E-state index contributed by atoms with van der Waals surface area (Å²) in [4.78, 5) is 11.3. The molecular weight excluding hydrogens is 377 g/mol. The molecule has 1 aliphatic carbocycles. The Morgan fingerprint density at radius 2 is 1.72 bits per heavy atom. The highest BCUT2D eigenvalue weighted by molar-refractivity contribution is 5.82. The van der Waals surface area contributed by atoms with Crippen molar-refractivity contribution in [3.63, 3.8) is 0 Å². The van der Waals surface area contributed by atoms with E-state index in [1.165, 1.54) is 50.2 Å². The summed E-state index contributed by atoms with van der Waals surface area (Å²) in [5.74, 6) is -5.32. The average Bonchev–Trinajstić information content (AvgIpc) is 2.71. The quantitative estimate of drug-likeness (QED) is 0.531. The molecule has 29 heavy (non-hydrogen) atoms. The highest BCUT2D eigenvalue weighted by Gasteiger charge is 2.49. The van der Waals surface area contributed by atoms with Crippen LogP contribution in [-0.4, -0.2) is 5.97 Å². The van der Waals surface area contributed by atoms with E-state index in [4.69, 9.17) is 0 Å². The SMILES string of the molecule is CCCC1CCC(c2ccc(-c3cc(F)c4c(c3)COC(=O)C4(F)F)cc2)CC1. The maximum absolute atomic E-state index is 14.5. The number of hydrogen-bond donors (Lipinski definition) is 0. The van der Waals surface area contributed by atoms with Gasteiger partial charge in [-0.15, -0.1) is 0 Å². The number of hydrogen-bond acceptors (Lipinski definition) is 2. The van der Waals surface area contributed by atoms with E-state index in [-0.39, 0.29) is 12.2 Å². The number of ether oxygens (including phenoxy) is 1. The Bertz CT molecular complexity index is 897. The molecule has 0 radical (unpaired) electrons. The number of benzene rings is 2. The number of alkyl halides is 2. The van der Waals surface area contributed by atoms with Crippen molar-refractivity contribution >= 4 is 5.97 Å². The van der Waals surface area contributed by atoms with Crippen LogP contribution in [0.5, 0.6) is 0 Å². The first-order chi connectivity index (χ1) is 13.9. The normalized spacial score (nSPS) is 23.4. The van der Waals surface area contributed by atoms with Crippen molar-refractivity contribution in [3.8, 4) is 11.1 Å². The van der Waals surface area contributed by atoms with Crippen LogP contribution in [0.1, 0.15) is 68.1 Å². The highest BCUT2D eigenvalue weighted by Crippen LogP contribution is 2.41. The number of cyclic esters (lactones) is 1. The minimum absolute atomic E-state index is 0.0166. The number of halogens is 3. The second-order valence-electron chi connectivity index (χ2n) is 8.27. The lowest BCUT2D eigenvalue weighted by molar-refractivity contribution is -0.179. The van der Waals surface area contributed by atoms with Gasteiger partial charge in [0.05, 0.1) is 5.56 Å². The monoisotopic (exact) mass is 402 g/mol. The van der Waals surface area contributed by atoms with E-state index in [0.717, 1.165) is 17.5 Å². The zero-order chi connectivity index (χ0) is 20.6. The molecule has 0 spiro atoms. The minimum Gasteiger partial charge on any atom is -0.456 e. The second kappa shape index (κ2) is 7.85. The first-order valence-corrected chi connectivity index (χ1v) is 10.4. The van der Waals surface area contributed by atoms with E-state index < -0.39 is 23.3 Å². The van der Waals surface area contributed by atoms with Crippen LogP contribution < -0.4 is 0 Å². The fourth-order valence-electron chi connectivity index (χ4n) is 4.77. The van der Waals surface area contributed by atoms with Crippen molar-refractivity contribution in [1.29, 1.82) is 0 Å². The lowest BCUT2D eigenvalue weighted by Gasteiger charge is -2.28. The number of fused-ring (bicyclic) bond motifs is 1. The molecule has 0 bridgehead atoms. The average molecular weight is 402 g/mol. The fraction of sp³-hybridized carbons (Fsp3) is 0.458. The Morgan fingerprint density at radius 1 is 1.03 bits per heavy atom. The van der Waals surface area contributed by atoms with Gasteiger partial charge in [-0.25, -0.2) is 9.18 Å². The van der Waals surface area contributed by atoms with Gasteiger partial charge in [0.1, 0.15) is 12.4 Å². The van der Waals surface area contributed by atoms with E-state index in [2.05, 4.69) is 23.8 Å². The predicted octanol–water partition coefficient (Wildman–Crippen LogP) is 6.72. The Morgan fingerprint density at radius 3 is 2.38 bits per heavy atom. The third-order valence-corrected chi connectivity index (χ3v) is 6.36. The molecule has 2 aliphatic rings. The van der Waals surface area contributed by atoms with E-state index in [0.29, 0.717) is 11.5 Å². The summed E-state index contributed by atoms with van der Waals surface area (Å²) < 4.78 is 47.0. The molecule has 1 fully saturated rings. The predicted molar refractivity (Wildman–Crippen MR) is 105 cm³/mol. The molecule has 0 atom stereocenters. The maximum Gasteiger partial charge on any atom is 0.382 e. The Balaban J connectivity index is 1.55. The molecule has 0 N–H and O–H groups in total. The van der Waals surface area contributed by atoms with Gasteiger partial charge in [-0.2, -0.15) is 8.78 Å². The van der Waals surface area contributed by atoms with Gasteiger partial charge in [0.25, 0.3) is 0 Å². The van der Waals surface area contributed by atoms with Crippen molar-refractivity contribution in [1.82, 2.24) is 0 Å². The summed E-state index contributed by atoms with van der Waals surface area (Å²) >= 11 is 0. The van der Waals surface area contributed by atoms with E-state index >= 15 is 0 Å². The molecule has 0 saturated heterocycles. The van der Waals surface area contributed by atoms with Crippen molar-refractivity contribution < 1.29 is 22.7 Å². The van der Waals surface area contributed by atoms with Gasteiger partial charge in [0, 0.05) is 5.56 Å². The number of carbonyl (C=O) groups excluding carboxylic acids is 1. The largest absolute Gasteiger partial charge is 0.456 e. The molecule has 1 heterocycles. The summed E-state index contributed by atoms with van der Waals surface area (Å²) in [5, 5.41) is 0. The van der Waals surface area contributed by atoms with Crippen molar-refractivity contribution in [2.75, 3.05) is 0 Å². The van der Waals surface area contributed by atoms with Crippen molar-refractivity contribution in [3.05, 3.63) is 58.9 Å². The summed E-state index contributed by atoms with van der Waals surface area (Å²) in [6.07, 6.45) is 7.47. The Labute approximate surface area is 169 Å². The standard InChI is InChI=1S/C24H25F3O2/c1-2-3-15-4-6-16(7-5-15)17-8-10-18(11-9-17)19-12-20-14-29-23(28)24(26,27)22(20)21(25)13-19/h8-13,15-16H,2-7,14H2,1H3. The van der Waals surface area contributed by atoms with Crippen LogP contribution in [0, 0.1) is 11.7 Å².